The maximum atomic E-state index is 12.4. The number of aromatic nitrogens is 2. The quantitative estimate of drug-likeness (QED) is 0.671. The summed E-state index contributed by atoms with van der Waals surface area (Å²) in [5.74, 6) is 0.142. The van der Waals surface area contributed by atoms with Crippen molar-refractivity contribution in [2.45, 2.75) is 4.90 Å². The van der Waals surface area contributed by atoms with Gasteiger partial charge in [-0.3, -0.25) is 5.32 Å². The third-order valence-electron chi connectivity index (χ3n) is 3.32. The first-order valence-electron chi connectivity index (χ1n) is 7.20. The number of amides is 1. The minimum atomic E-state index is -4.12. The van der Waals surface area contributed by atoms with Gasteiger partial charge in [0.25, 0.3) is 0 Å². The van der Waals surface area contributed by atoms with Crippen LogP contribution in [0.2, 0.25) is 0 Å². The number of hydrogen-bond donors (Lipinski definition) is 2. The van der Waals surface area contributed by atoms with E-state index in [1.54, 1.807) is 0 Å². The lowest BCUT2D eigenvalue weighted by Gasteiger charge is -2.07. The summed E-state index contributed by atoms with van der Waals surface area (Å²) >= 11 is 0. The van der Waals surface area contributed by atoms with Gasteiger partial charge in [-0.25, -0.2) is 9.78 Å². The van der Waals surface area contributed by atoms with E-state index in [0.717, 1.165) is 0 Å². The topological polar surface area (TPSA) is 134 Å². The van der Waals surface area contributed by atoms with E-state index in [-0.39, 0.29) is 22.2 Å². The van der Waals surface area contributed by atoms with Gasteiger partial charge in [-0.05, 0) is 36.4 Å². The third-order valence-corrected chi connectivity index (χ3v) is 4.56. The molecular formula is C16H12N4O5S. The number of ether oxygens (including phenoxy) is 1. The Kier molecular flexibility index (Phi) is 4.47. The van der Waals surface area contributed by atoms with Crippen LogP contribution in [-0.2, 0) is 14.9 Å². The molecule has 0 fully saturated rings. The molecule has 0 atom stereocenters. The fourth-order valence-electron chi connectivity index (χ4n) is 2.14. The number of nitriles is 1. The largest absolute Gasteiger partial charge is 0.453 e. The number of imidazole rings is 1. The van der Waals surface area contributed by atoms with Crippen LogP contribution in [0.25, 0.3) is 11.0 Å². The summed E-state index contributed by atoms with van der Waals surface area (Å²) in [5, 5.41) is 11.2. The van der Waals surface area contributed by atoms with E-state index in [1.807, 2.05) is 6.07 Å². The molecule has 0 aliphatic heterocycles. The smallest absolute Gasteiger partial charge is 0.413 e. The number of methoxy groups -OCH3 is 1. The predicted octanol–water partition coefficient (Wildman–Crippen LogP) is 2.38. The summed E-state index contributed by atoms with van der Waals surface area (Å²) in [7, 11) is -2.91. The van der Waals surface area contributed by atoms with E-state index >= 15 is 0 Å². The SMILES string of the molecule is COC(=O)Nc1nc2cc(S(=O)(=O)Oc3cccc(C#N)c3)ccc2[nH]1. The Morgan fingerprint density at radius 2 is 2.08 bits per heavy atom. The van der Waals surface area contributed by atoms with Crippen molar-refractivity contribution < 1.29 is 22.1 Å². The third kappa shape index (κ3) is 3.57. The van der Waals surface area contributed by atoms with Gasteiger partial charge in [0.05, 0.1) is 29.8 Å². The number of fused-ring (bicyclic) bond motifs is 1. The number of benzene rings is 2. The van der Waals surface area contributed by atoms with Gasteiger partial charge in [-0.2, -0.15) is 13.7 Å². The van der Waals surface area contributed by atoms with Gasteiger partial charge in [0, 0.05) is 0 Å². The van der Waals surface area contributed by atoms with Crippen molar-refractivity contribution in [2.75, 3.05) is 12.4 Å². The van der Waals surface area contributed by atoms with E-state index in [4.69, 9.17) is 9.44 Å². The molecule has 132 valence electrons. The van der Waals surface area contributed by atoms with E-state index in [2.05, 4.69) is 20.0 Å². The molecule has 1 amide bonds. The van der Waals surface area contributed by atoms with E-state index < -0.39 is 16.2 Å². The number of hydrogen-bond acceptors (Lipinski definition) is 7. The lowest BCUT2D eigenvalue weighted by Crippen LogP contribution is -2.11. The molecule has 0 unspecified atom stereocenters. The van der Waals surface area contributed by atoms with Gasteiger partial charge >= 0.3 is 16.2 Å². The molecule has 2 aromatic carbocycles. The van der Waals surface area contributed by atoms with Gasteiger partial charge in [0.2, 0.25) is 5.95 Å². The second-order valence-corrected chi connectivity index (χ2v) is 6.60. The summed E-state index contributed by atoms with van der Waals surface area (Å²) in [6.07, 6.45) is -0.711. The maximum absolute atomic E-state index is 12.4. The predicted molar refractivity (Wildman–Crippen MR) is 91.1 cm³/mol. The van der Waals surface area contributed by atoms with Crippen molar-refractivity contribution in [3.8, 4) is 11.8 Å². The number of H-pyrrole nitrogens is 1. The zero-order valence-electron chi connectivity index (χ0n) is 13.4. The van der Waals surface area contributed by atoms with Gasteiger partial charge in [-0.1, -0.05) is 6.07 Å². The first-order chi connectivity index (χ1) is 12.4. The van der Waals surface area contributed by atoms with Crippen molar-refractivity contribution in [2.24, 2.45) is 0 Å². The fourth-order valence-corrected chi connectivity index (χ4v) is 3.08. The highest BCUT2D eigenvalue weighted by atomic mass is 32.2. The van der Waals surface area contributed by atoms with Gasteiger partial charge < -0.3 is 13.9 Å². The zero-order valence-corrected chi connectivity index (χ0v) is 14.2. The van der Waals surface area contributed by atoms with E-state index in [9.17, 15) is 13.2 Å². The molecule has 3 aromatic rings. The minimum absolute atomic E-state index is 0.0271. The molecule has 0 saturated heterocycles. The highest BCUT2D eigenvalue weighted by Crippen LogP contribution is 2.23. The van der Waals surface area contributed by atoms with Gasteiger partial charge in [0.1, 0.15) is 10.6 Å². The van der Waals surface area contributed by atoms with Crippen molar-refractivity contribution in [1.82, 2.24) is 9.97 Å². The number of rotatable bonds is 4. The molecule has 0 saturated carbocycles. The van der Waals surface area contributed by atoms with Crippen LogP contribution in [0.4, 0.5) is 10.7 Å². The first-order valence-corrected chi connectivity index (χ1v) is 8.61. The number of nitrogens with one attached hydrogen (secondary N) is 2. The van der Waals surface area contributed by atoms with Crippen molar-refractivity contribution in [3.05, 3.63) is 48.0 Å². The number of carbonyl (C=O) groups is 1. The van der Waals surface area contributed by atoms with Gasteiger partial charge in [0.15, 0.2) is 0 Å². The van der Waals surface area contributed by atoms with Crippen LogP contribution in [0.3, 0.4) is 0 Å². The number of anilines is 1. The Labute approximate surface area is 148 Å². The second-order valence-electron chi connectivity index (χ2n) is 5.06. The van der Waals surface area contributed by atoms with Crippen LogP contribution in [0, 0.1) is 11.3 Å². The summed E-state index contributed by atoms with van der Waals surface area (Å²) in [5.41, 5.74) is 1.10. The Bertz CT molecular complexity index is 1130. The molecule has 10 heteroatoms. The minimum Gasteiger partial charge on any atom is -0.453 e. The van der Waals surface area contributed by atoms with Crippen molar-refractivity contribution >= 4 is 33.2 Å². The molecule has 2 N–H and O–H groups in total. The molecule has 0 radical (unpaired) electrons. The van der Waals surface area contributed by atoms with Crippen molar-refractivity contribution in [1.29, 1.82) is 5.26 Å². The Morgan fingerprint density at radius 3 is 2.81 bits per heavy atom. The molecule has 1 heterocycles. The average Bonchev–Trinajstić information content (AvgIpc) is 3.02. The summed E-state index contributed by atoms with van der Waals surface area (Å²) in [4.78, 5) is 18.0. The maximum Gasteiger partial charge on any atom is 0.413 e. The molecule has 9 nitrogen and oxygen atoms in total. The van der Waals surface area contributed by atoms with Crippen LogP contribution in [-0.4, -0.2) is 31.6 Å². The number of nitrogens with zero attached hydrogens (tertiary/aromatic N) is 2. The van der Waals surface area contributed by atoms with Crippen LogP contribution in [0.1, 0.15) is 5.56 Å². The molecular weight excluding hydrogens is 360 g/mol. The second kappa shape index (κ2) is 6.73. The van der Waals surface area contributed by atoms with Crippen LogP contribution < -0.4 is 9.50 Å². The van der Waals surface area contributed by atoms with Crippen molar-refractivity contribution in [3.63, 3.8) is 0 Å². The normalized spacial score (nSPS) is 10.9. The fraction of sp³-hybridized carbons (Fsp3) is 0.0625. The molecule has 0 aliphatic carbocycles. The number of aromatic amines is 1. The number of carbonyl (C=O) groups excluding carboxylic acids is 1. The summed E-state index contributed by atoms with van der Waals surface area (Å²) in [6.45, 7) is 0. The van der Waals surface area contributed by atoms with E-state index in [1.165, 1.54) is 49.6 Å². The molecule has 3 rings (SSSR count). The molecule has 0 bridgehead atoms. The Morgan fingerprint density at radius 1 is 1.27 bits per heavy atom. The average molecular weight is 372 g/mol. The zero-order chi connectivity index (χ0) is 18.7. The molecule has 1 aromatic heterocycles. The Balaban J connectivity index is 1.90. The van der Waals surface area contributed by atoms with Crippen LogP contribution >= 0.6 is 0 Å². The van der Waals surface area contributed by atoms with Gasteiger partial charge in [-0.15, -0.1) is 0 Å². The lowest BCUT2D eigenvalue weighted by atomic mass is 10.2. The Hall–Kier alpha value is -3.58. The lowest BCUT2D eigenvalue weighted by molar-refractivity contribution is 0.186. The molecule has 0 aliphatic rings. The highest BCUT2D eigenvalue weighted by Gasteiger charge is 2.19. The first kappa shape index (κ1) is 17.2. The molecule has 0 spiro atoms. The van der Waals surface area contributed by atoms with E-state index in [0.29, 0.717) is 11.0 Å². The summed E-state index contributed by atoms with van der Waals surface area (Å²) in [6, 6.07) is 11.9. The standard InChI is InChI=1S/C16H12N4O5S/c1-24-16(21)20-15-18-13-6-5-12(8-14(13)19-15)26(22,23)25-11-4-2-3-10(7-11)9-17/h2-8H,1H3,(H2,18,19,20,21). The highest BCUT2D eigenvalue weighted by molar-refractivity contribution is 7.87. The molecule has 26 heavy (non-hydrogen) atoms. The van der Waals surface area contributed by atoms with Crippen LogP contribution in [0.5, 0.6) is 5.75 Å². The monoisotopic (exact) mass is 372 g/mol. The summed E-state index contributed by atoms with van der Waals surface area (Å²) < 4.78 is 34.4. The van der Waals surface area contributed by atoms with Crippen LogP contribution in [0.15, 0.2) is 47.4 Å².